The van der Waals surface area contributed by atoms with Crippen molar-refractivity contribution in [1.82, 2.24) is 0 Å². The largest absolute Gasteiger partial charge is 0.496 e. The fourth-order valence-electron chi connectivity index (χ4n) is 2.01. The van der Waals surface area contributed by atoms with E-state index in [0.717, 1.165) is 22.4 Å². The minimum Gasteiger partial charge on any atom is -0.496 e. The number of rotatable bonds is 4. The Balaban J connectivity index is 2.33. The lowest BCUT2D eigenvalue weighted by Gasteiger charge is -2.14. The molecule has 2 heteroatoms. The Bertz CT molecular complexity index is 570. The van der Waals surface area contributed by atoms with Gasteiger partial charge in [0, 0.05) is 25.3 Å². The highest BCUT2D eigenvalue weighted by Crippen LogP contribution is 2.30. The lowest BCUT2D eigenvalue weighted by molar-refractivity contribution is 0.413. The van der Waals surface area contributed by atoms with Crippen LogP contribution in [0.4, 0.5) is 5.69 Å². The predicted octanol–water partition coefficient (Wildman–Crippen LogP) is 3.82. The van der Waals surface area contributed by atoms with E-state index in [1.807, 2.05) is 38.4 Å². The van der Waals surface area contributed by atoms with Gasteiger partial charge in [-0.3, -0.25) is 0 Å². The lowest BCUT2D eigenvalue weighted by Crippen LogP contribution is -2.08. The van der Waals surface area contributed by atoms with Gasteiger partial charge in [0.05, 0.1) is 7.11 Å². The minimum absolute atomic E-state index is 0.851. The summed E-state index contributed by atoms with van der Waals surface area (Å²) in [5.74, 6) is 0.851. The third-order valence-corrected chi connectivity index (χ3v) is 3.16. The molecule has 0 atom stereocenters. The molecule has 0 N–H and O–H groups in total. The van der Waals surface area contributed by atoms with Gasteiger partial charge in [-0.15, -0.1) is 0 Å². The second-order valence-corrected chi connectivity index (χ2v) is 4.62. The number of benzene rings is 2. The number of para-hydroxylation sites is 1. The highest BCUT2D eigenvalue weighted by atomic mass is 16.5. The number of anilines is 1. The topological polar surface area (TPSA) is 12.5 Å². The number of methoxy groups -OCH3 is 1. The van der Waals surface area contributed by atoms with E-state index in [1.165, 1.54) is 5.69 Å². The predicted molar refractivity (Wildman–Crippen MR) is 81.9 cm³/mol. The summed E-state index contributed by atoms with van der Waals surface area (Å²) in [5, 5.41) is 0. The van der Waals surface area contributed by atoms with Crippen molar-refractivity contribution in [2.75, 3.05) is 26.1 Å². The van der Waals surface area contributed by atoms with Crippen LogP contribution in [0.25, 0.3) is 5.57 Å². The van der Waals surface area contributed by atoms with Crippen LogP contribution in [-0.2, 0) is 0 Å². The maximum Gasteiger partial charge on any atom is 0.126 e. The van der Waals surface area contributed by atoms with Crippen molar-refractivity contribution in [2.45, 2.75) is 0 Å². The van der Waals surface area contributed by atoms with Gasteiger partial charge in [-0.2, -0.15) is 0 Å². The summed E-state index contributed by atoms with van der Waals surface area (Å²) >= 11 is 0. The first-order chi connectivity index (χ1) is 9.13. The molecule has 0 aliphatic heterocycles. The highest BCUT2D eigenvalue weighted by molar-refractivity contribution is 5.81. The molecule has 2 rings (SSSR count). The Kier molecular flexibility index (Phi) is 3.91. The molecule has 98 valence electrons. The van der Waals surface area contributed by atoms with Gasteiger partial charge in [0.1, 0.15) is 5.75 Å². The second kappa shape index (κ2) is 5.61. The van der Waals surface area contributed by atoms with Crippen molar-refractivity contribution in [1.29, 1.82) is 0 Å². The maximum atomic E-state index is 5.38. The number of nitrogens with zero attached hydrogens (tertiary/aromatic N) is 1. The second-order valence-electron chi connectivity index (χ2n) is 4.62. The average Bonchev–Trinajstić information content (AvgIpc) is 2.46. The van der Waals surface area contributed by atoms with Gasteiger partial charge in [-0.05, 0) is 29.3 Å². The fourth-order valence-corrected chi connectivity index (χ4v) is 2.01. The van der Waals surface area contributed by atoms with Gasteiger partial charge >= 0.3 is 0 Å². The van der Waals surface area contributed by atoms with E-state index in [1.54, 1.807) is 7.11 Å². The van der Waals surface area contributed by atoms with Crippen LogP contribution in [0.1, 0.15) is 11.1 Å². The molecule has 0 aliphatic rings. The van der Waals surface area contributed by atoms with E-state index in [2.05, 4.69) is 35.7 Å². The first-order valence-electron chi connectivity index (χ1n) is 6.23. The van der Waals surface area contributed by atoms with Crippen molar-refractivity contribution in [3.8, 4) is 5.75 Å². The van der Waals surface area contributed by atoms with Crippen LogP contribution >= 0.6 is 0 Å². The van der Waals surface area contributed by atoms with Gasteiger partial charge in [0.15, 0.2) is 0 Å². The summed E-state index contributed by atoms with van der Waals surface area (Å²) in [6.07, 6.45) is 0. The Morgan fingerprint density at radius 3 is 2.21 bits per heavy atom. The molecular weight excluding hydrogens is 234 g/mol. The first kappa shape index (κ1) is 13.2. The highest BCUT2D eigenvalue weighted by Gasteiger charge is 2.08. The van der Waals surface area contributed by atoms with E-state index in [9.17, 15) is 0 Å². The first-order valence-corrected chi connectivity index (χ1v) is 6.23. The third kappa shape index (κ3) is 2.79. The summed E-state index contributed by atoms with van der Waals surface area (Å²) in [4.78, 5) is 2.08. The molecule has 2 nitrogen and oxygen atoms in total. The van der Waals surface area contributed by atoms with Gasteiger partial charge in [-0.25, -0.2) is 0 Å². The number of hydrogen-bond donors (Lipinski definition) is 0. The van der Waals surface area contributed by atoms with Crippen molar-refractivity contribution >= 4 is 11.3 Å². The summed E-state index contributed by atoms with van der Waals surface area (Å²) in [6.45, 7) is 4.18. The molecule has 0 radical (unpaired) electrons. The quantitative estimate of drug-likeness (QED) is 0.821. The molecule has 0 unspecified atom stereocenters. The minimum atomic E-state index is 0.851. The number of ether oxygens (including phenoxy) is 1. The standard InChI is InChI=1S/C17H19NO/c1-13(16-7-5-6-8-17(16)19-4)14-9-11-15(12-10-14)18(2)3/h5-12H,1H2,2-4H3. The zero-order valence-electron chi connectivity index (χ0n) is 11.7. The lowest BCUT2D eigenvalue weighted by atomic mass is 9.98. The molecule has 0 saturated carbocycles. The smallest absolute Gasteiger partial charge is 0.126 e. The van der Waals surface area contributed by atoms with E-state index in [-0.39, 0.29) is 0 Å². The number of hydrogen-bond acceptors (Lipinski definition) is 2. The van der Waals surface area contributed by atoms with Crippen LogP contribution < -0.4 is 9.64 Å². The van der Waals surface area contributed by atoms with Crippen LogP contribution in [0.2, 0.25) is 0 Å². The Labute approximate surface area is 114 Å². The summed E-state index contributed by atoms with van der Waals surface area (Å²) in [5.41, 5.74) is 4.29. The van der Waals surface area contributed by atoms with E-state index in [4.69, 9.17) is 4.74 Å². The molecule has 0 fully saturated rings. The Hall–Kier alpha value is -2.22. The zero-order chi connectivity index (χ0) is 13.8. The van der Waals surface area contributed by atoms with Crippen LogP contribution in [0.3, 0.4) is 0 Å². The van der Waals surface area contributed by atoms with Gasteiger partial charge in [0.2, 0.25) is 0 Å². The molecule has 0 aromatic heterocycles. The molecular formula is C17H19NO. The maximum absolute atomic E-state index is 5.38. The zero-order valence-corrected chi connectivity index (χ0v) is 11.7. The molecule has 0 heterocycles. The van der Waals surface area contributed by atoms with Gasteiger partial charge in [-0.1, -0.05) is 36.9 Å². The van der Waals surface area contributed by atoms with Crippen molar-refractivity contribution in [3.05, 3.63) is 66.2 Å². The van der Waals surface area contributed by atoms with Crippen LogP contribution in [-0.4, -0.2) is 21.2 Å². The molecule has 0 aliphatic carbocycles. The SMILES string of the molecule is C=C(c1ccc(N(C)C)cc1)c1ccccc1OC. The summed E-state index contributed by atoms with van der Waals surface area (Å²) in [6, 6.07) is 16.3. The van der Waals surface area contributed by atoms with Crippen molar-refractivity contribution < 1.29 is 4.74 Å². The van der Waals surface area contributed by atoms with Gasteiger partial charge in [0.25, 0.3) is 0 Å². The van der Waals surface area contributed by atoms with Crippen molar-refractivity contribution in [3.63, 3.8) is 0 Å². The van der Waals surface area contributed by atoms with Crippen molar-refractivity contribution in [2.24, 2.45) is 0 Å². The van der Waals surface area contributed by atoms with Crippen LogP contribution in [0, 0.1) is 0 Å². The Morgan fingerprint density at radius 1 is 1.00 bits per heavy atom. The fraction of sp³-hybridized carbons (Fsp3) is 0.176. The van der Waals surface area contributed by atoms with E-state index in [0.29, 0.717) is 0 Å². The molecule has 19 heavy (non-hydrogen) atoms. The third-order valence-electron chi connectivity index (χ3n) is 3.16. The summed E-state index contributed by atoms with van der Waals surface area (Å²) in [7, 11) is 5.75. The molecule has 0 amide bonds. The molecule has 2 aromatic rings. The van der Waals surface area contributed by atoms with Crippen LogP contribution in [0.5, 0.6) is 5.75 Å². The monoisotopic (exact) mass is 253 g/mol. The molecule has 2 aromatic carbocycles. The van der Waals surface area contributed by atoms with Crippen LogP contribution in [0.15, 0.2) is 55.1 Å². The normalized spacial score (nSPS) is 10.1. The average molecular weight is 253 g/mol. The summed E-state index contributed by atoms with van der Waals surface area (Å²) < 4.78 is 5.38. The molecule has 0 bridgehead atoms. The molecule has 0 saturated heterocycles. The van der Waals surface area contributed by atoms with E-state index >= 15 is 0 Å². The Morgan fingerprint density at radius 2 is 1.63 bits per heavy atom. The van der Waals surface area contributed by atoms with Gasteiger partial charge < -0.3 is 9.64 Å². The van der Waals surface area contributed by atoms with E-state index < -0.39 is 0 Å². The molecule has 0 spiro atoms.